The van der Waals surface area contributed by atoms with E-state index in [0.29, 0.717) is 24.5 Å². The lowest BCUT2D eigenvalue weighted by molar-refractivity contribution is 0.0955. The Balaban J connectivity index is 1.37. The summed E-state index contributed by atoms with van der Waals surface area (Å²) in [6.45, 7) is 0.855. The Hall–Kier alpha value is -5.00. The average molecular weight is 474 g/mol. The van der Waals surface area contributed by atoms with Crippen LogP contribution in [0, 0.1) is 11.8 Å². The maximum Gasteiger partial charge on any atom is 0.251 e. The zero-order chi connectivity index (χ0) is 24.7. The lowest BCUT2D eigenvalue weighted by atomic mass is 10.1. The number of carbonyl (C=O) groups is 1. The highest BCUT2D eigenvalue weighted by molar-refractivity contribution is 5.94. The third-order valence-electron chi connectivity index (χ3n) is 5.44. The highest BCUT2D eigenvalue weighted by Crippen LogP contribution is 2.21. The maximum atomic E-state index is 12.1. The lowest BCUT2D eigenvalue weighted by Gasteiger charge is -2.06. The van der Waals surface area contributed by atoms with Crippen LogP contribution >= 0.6 is 0 Å². The van der Waals surface area contributed by atoms with Crippen molar-refractivity contribution < 1.29 is 4.79 Å². The molecule has 0 aliphatic carbocycles. The van der Waals surface area contributed by atoms with Gasteiger partial charge in [0, 0.05) is 42.8 Å². The van der Waals surface area contributed by atoms with E-state index >= 15 is 0 Å². The number of aromatic nitrogens is 4. The van der Waals surface area contributed by atoms with Gasteiger partial charge >= 0.3 is 0 Å². The number of benzene rings is 1. The number of hydrogen-bond acceptors (Lipinski definition) is 6. The lowest BCUT2D eigenvalue weighted by Crippen LogP contribution is -2.28. The Kier molecular flexibility index (Phi) is 6.65. The highest BCUT2D eigenvalue weighted by Gasteiger charge is 2.07. The van der Waals surface area contributed by atoms with E-state index in [0.717, 1.165) is 33.7 Å². The zero-order valence-electron chi connectivity index (χ0n) is 19.3. The molecule has 1 aromatic carbocycles. The van der Waals surface area contributed by atoms with Crippen LogP contribution in [0.1, 0.15) is 21.6 Å². The van der Waals surface area contributed by atoms with Gasteiger partial charge in [0.1, 0.15) is 17.2 Å². The number of fused-ring (bicyclic) bond motifs is 1. The second-order valence-electron chi connectivity index (χ2n) is 7.96. The summed E-state index contributed by atoms with van der Waals surface area (Å²) in [5, 5.41) is 6.00. The fraction of sp³-hybridized carbons (Fsp3) is 0.0714. The number of amides is 1. The average Bonchev–Trinajstić information content (AvgIpc) is 3.33. The molecule has 0 saturated heterocycles. The largest absolute Gasteiger partial charge is 0.351 e. The van der Waals surface area contributed by atoms with E-state index in [-0.39, 0.29) is 5.91 Å². The second-order valence-corrected chi connectivity index (χ2v) is 7.96. The van der Waals surface area contributed by atoms with E-state index in [9.17, 15) is 4.79 Å². The molecule has 5 rings (SSSR count). The van der Waals surface area contributed by atoms with Crippen LogP contribution in [0.2, 0.25) is 0 Å². The van der Waals surface area contributed by atoms with Crippen LogP contribution in [0.5, 0.6) is 0 Å². The number of rotatable bonds is 6. The van der Waals surface area contributed by atoms with Crippen LogP contribution in [0.3, 0.4) is 0 Å². The monoisotopic (exact) mass is 473 g/mol. The van der Waals surface area contributed by atoms with Crippen LogP contribution in [0.25, 0.3) is 16.8 Å². The molecular formula is C28H23N7O. The number of nitrogens with zero attached hydrogens (tertiary/aromatic N) is 4. The number of carbonyl (C=O) groups excluding carboxylic acids is 1. The van der Waals surface area contributed by atoms with Crippen molar-refractivity contribution in [2.75, 3.05) is 18.4 Å². The number of anilines is 2. The molecule has 0 saturated carbocycles. The summed E-state index contributed by atoms with van der Waals surface area (Å²) in [5.41, 5.74) is 11.3. The third kappa shape index (κ3) is 5.22. The Labute approximate surface area is 208 Å². The summed E-state index contributed by atoms with van der Waals surface area (Å²) in [5.74, 6) is 6.97. The molecular weight excluding hydrogens is 450 g/mol. The molecule has 36 heavy (non-hydrogen) atoms. The van der Waals surface area contributed by atoms with Gasteiger partial charge in [0.05, 0.1) is 18.1 Å². The van der Waals surface area contributed by atoms with Gasteiger partial charge in [-0.25, -0.2) is 9.97 Å². The van der Waals surface area contributed by atoms with Gasteiger partial charge in [-0.2, -0.15) is 0 Å². The van der Waals surface area contributed by atoms with Gasteiger partial charge in [-0.3, -0.25) is 14.2 Å². The molecule has 5 aromatic rings. The van der Waals surface area contributed by atoms with E-state index in [1.807, 2.05) is 59.1 Å². The van der Waals surface area contributed by atoms with Gasteiger partial charge in [0.15, 0.2) is 0 Å². The summed E-state index contributed by atoms with van der Waals surface area (Å²) in [6.07, 6.45) is 8.93. The van der Waals surface area contributed by atoms with Crippen LogP contribution in [0.15, 0.2) is 91.6 Å². The minimum Gasteiger partial charge on any atom is -0.351 e. The number of hydrogen-bond donors (Lipinski definition) is 3. The van der Waals surface area contributed by atoms with Crippen molar-refractivity contribution in [3.05, 3.63) is 108 Å². The predicted octanol–water partition coefficient (Wildman–Crippen LogP) is 3.62. The van der Waals surface area contributed by atoms with E-state index < -0.39 is 0 Å². The van der Waals surface area contributed by atoms with Crippen molar-refractivity contribution in [3.8, 4) is 23.0 Å². The van der Waals surface area contributed by atoms with E-state index in [4.69, 9.17) is 5.73 Å². The quantitative estimate of drug-likeness (QED) is 0.325. The molecule has 4 N–H and O–H groups in total. The molecule has 0 bridgehead atoms. The molecule has 0 atom stereocenters. The second kappa shape index (κ2) is 10.5. The van der Waals surface area contributed by atoms with Crippen molar-refractivity contribution in [1.82, 2.24) is 24.7 Å². The van der Waals surface area contributed by atoms with Crippen molar-refractivity contribution in [3.63, 3.8) is 0 Å². The van der Waals surface area contributed by atoms with Crippen molar-refractivity contribution >= 4 is 23.1 Å². The van der Waals surface area contributed by atoms with Gasteiger partial charge in [-0.05, 0) is 65.6 Å². The van der Waals surface area contributed by atoms with E-state index in [1.165, 1.54) is 0 Å². The SMILES string of the molecule is NCCNC(=O)c1ccc(-c2ccc3ncc(C#Cc4ccnc(Nc5cccnc5)c4)n3c2)cc1. The fourth-order valence-electron chi connectivity index (χ4n) is 3.64. The predicted molar refractivity (Wildman–Crippen MR) is 140 cm³/mol. The highest BCUT2D eigenvalue weighted by atomic mass is 16.1. The standard InChI is InChI=1S/C28H23N7O/c29-12-15-32-28(36)22-6-4-21(5-7-22)23-8-10-27-33-18-25(35(27)19-23)9-3-20-11-14-31-26(16-20)34-24-2-1-13-30-17-24/h1-2,4-8,10-11,13-14,16-19H,12,15,29H2,(H,31,34)(H,32,36). The Morgan fingerprint density at radius 1 is 0.944 bits per heavy atom. The molecule has 4 aromatic heterocycles. The van der Waals surface area contributed by atoms with Crippen molar-refractivity contribution in [1.29, 1.82) is 0 Å². The minimum absolute atomic E-state index is 0.135. The smallest absolute Gasteiger partial charge is 0.251 e. The topological polar surface area (TPSA) is 110 Å². The normalized spacial score (nSPS) is 10.5. The third-order valence-corrected chi connectivity index (χ3v) is 5.44. The molecule has 0 aliphatic rings. The Bertz CT molecular complexity index is 1560. The number of nitrogens with two attached hydrogens (primary N) is 1. The van der Waals surface area contributed by atoms with Crippen molar-refractivity contribution in [2.24, 2.45) is 5.73 Å². The van der Waals surface area contributed by atoms with E-state index in [2.05, 4.69) is 37.4 Å². The molecule has 0 aliphatic heterocycles. The van der Waals surface area contributed by atoms with Crippen LogP contribution in [-0.4, -0.2) is 38.3 Å². The van der Waals surface area contributed by atoms with Gasteiger partial charge in [-0.1, -0.05) is 18.1 Å². The number of imidazole rings is 1. The minimum atomic E-state index is -0.135. The first kappa shape index (κ1) is 22.8. The summed E-state index contributed by atoms with van der Waals surface area (Å²) in [6, 6.07) is 18.9. The summed E-state index contributed by atoms with van der Waals surface area (Å²) < 4.78 is 1.96. The van der Waals surface area contributed by atoms with Crippen molar-refractivity contribution in [2.45, 2.75) is 0 Å². The van der Waals surface area contributed by atoms with Crippen LogP contribution in [0.4, 0.5) is 11.5 Å². The number of pyridine rings is 3. The number of nitrogens with one attached hydrogen (secondary N) is 2. The van der Waals surface area contributed by atoms with Gasteiger partial charge in [0.2, 0.25) is 0 Å². The molecule has 8 heteroatoms. The summed E-state index contributed by atoms with van der Waals surface area (Å²) in [7, 11) is 0. The molecule has 4 heterocycles. The molecule has 0 fully saturated rings. The Morgan fingerprint density at radius 2 is 1.81 bits per heavy atom. The molecule has 0 radical (unpaired) electrons. The van der Waals surface area contributed by atoms with Gasteiger partial charge < -0.3 is 16.4 Å². The first-order chi connectivity index (χ1) is 17.7. The van der Waals surface area contributed by atoms with Gasteiger partial charge in [0.25, 0.3) is 5.91 Å². The molecule has 176 valence electrons. The first-order valence-electron chi connectivity index (χ1n) is 11.4. The Morgan fingerprint density at radius 3 is 2.61 bits per heavy atom. The maximum absolute atomic E-state index is 12.1. The molecule has 8 nitrogen and oxygen atoms in total. The van der Waals surface area contributed by atoms with Gasteiger partial charge in [-0.15, -0.1) is 0 Å². The molecule has 0 unspecified atom stereocenters. The first-order valence-corrected chi connectivity index (χ1v) is 11.4. The zero-order valence-corrected chi connectivity index (χ0v) is 19.3. The van der Waals surface area contributed by atoms with E-state index in [1.54, 1.807) is 36.9 Å². The summed E-state index contributed by atoms with van der Waals surface area (Å²) in [4.78, 5) is 25.1. The molecule has 1 amide bonds. The summed E-state index contributed by atoms with van der Waals surface area (Å²) >= 11 is 0. The molecule has 0 spiro atoms. The van der Waals surface area contributed by atoms with Crippen LogP contribution < -0.4 is 16.4 Å². The van der Waals surface area contributed by atoms with Crippen LogP contribution in [-0.2, 0) is 0 Å². The fourth-order valence-corrected chi connectivity index (χ4v) is 3.64.